The third kappa shape index (κ3) is 2.17. The molecular weight excluding hydrogens is 251 g/mol. The Hall–Kier alpha value is -1.23. The third-order valence-electron chi connectivity index (χ3n) is 1.64. The average molecular weight is 260 g/mol. The number of carbonyl (C=O) groups excluding carboxylic acids is 1. The van der Waals surface area contributed by atoms with Gasteiger partial charge in [-0.3, -0.25) is 0 Å². The molecule has 0 atom stereocenters. The topological polar surface area (TPSA) is 127 Å². The zero-order valence-electron chi connectivity index (χ0n) is 7.04. The van der Waals surface area contributed by atoms with Gasteiger partial charge in [0.15, 0.2) is 0 Å². The molecule has 0 unspecified atom stereocenters. The van der Waals surface area contributed by atoms with Gasteiger partial charge in [-0.25, -0.2) is 0 Å². The molecule has 7 heteroatoms. The first-order valence-electron chi connectivity index (χ1n) is 3.58. The Labute approximate surface area is 82.5 Å². The maximum absolute atomic E-state index is 10.8. The van der Waals surface area contributed by atoms with Crippen LogP contribution in [0.2, 0.25) is 0 Å². The number of hydrogen-bond acceptors (Lipinski definition) is 3. The van der Waals surface area contributed by atoms with Gasteiger partial charge in [-0.2, -0.15) is 0 Å². The molecule has 0 aliphatic carbocycles. The fraction of sp³-hybridized carbons (Fsp3) is 0. The van der Waals surface area contributed by atoms with Crippen molar-refractivity contribution in [2.24, 2.45) is 5.73 Å². The summed E-state index contributed by atoms with van der Waals surface area (Å²) in [5.74, 6) is -0.730. The van der Waals surface area contributed by atoms with E-state index in [2.05, 4.69) is 0 Å². The van der Waals surface area contributed by atoms with Crippen LogP contribution >= 0.6 is 0 Å². The molecule has 14 heavy (non-hydrogen) atoms. The van der Waals surface area contributed by atoms with E-state index in [1.54, 1.807) is 0 Å². The van der Waals surface area contributed by atoms with Crippen molar-refractivity contribution in [2.75, 3.05) is 5.73 Å². The van der Waals surface area contributed by atoms with Crippen molar-refractivity contribution >= 4 is 30.1 Å². The molecule has 0 fully saturated rings. The maximum atomic E-state index is 10.8. The summed E-state index contributed by atoms with van der Waals surface area (Å²) in [7, 11) is 0. The quantitative estimate of drug-likeness (QED) is 0.359. The van der Waals surface area contributed by atoms with Crippen LogP contribution in [0.1, 0.15) is 10.4 Å². The summed E-state index contributed by atoms with van der Waals surface area (Å²) in [6, 6.07) is 3.42. The molecule has 1 aromatic carbocycles. The average Bonchev–Trinajstić information content (AvgIpc) is 2.01. The number of nitrogens with two attached hydrogens (primary N) is 2. The Kier molecular flexibility index (Phi) is 2.71. The molecular formula is C7H9AsN2O4. The molecule has 0 aromatic heterocycles. The Morgan fingerprint density at radius 3 is 2.29 bits per heavy atom. The van der Waals surface area contributed by atoms with Crippen LogP contribution in [0.15, 0.2) is 18.2 Å². The fourth-order valence-corrected chi connectivity index (χ4v) is 2.16. The van der Waals surface area contributed by atoms with E-state index in [0.717, 1.165) is 12.1 Å². The van der Waals surface area contributed by atoms with Gasteiger partial charge in [0.1, 0.15) is 0 Å². The van der Waals surface area contributed by atoms with Crippen molar-refractivity contribution in [3.05, 3.63) is 23.8 Å². The molecule has 0 spiro atoms. The molecule has 6 N–H and O–H groups in total. The predicted octanol–water partition coefficient (Wildman–Crippen LogP) is -2.07. The molecule has 0 saturated carbocycles. The van der Waals surface area contributed by atoms with Crippen molar-refractivity contribution in [1.82, 2.24) is 0 Å². The molecule has 1 amide bonds. The van der Waals surface area contributed by atoms with E-state index < -0.39 is 20.1 Å². The van der Waals surface area contributed by atoms with Crippen LogP contribution < -0.4 is 15.8 Å². The molecule has 0 aliphatic rings. The van der Waals surface area contributed by atoms with Gasteiger partial charge in [-0.05, 0) is 0 Å². The number of benzene rings is 1. The van der Waals surface area contributed by atoms with Gasteiger partial charge >= 0.3 is 82.1 Å². The minimum absolute atomic E-state index is 0.0280. The Morgan fingerprint density at radius 2 is 1.93 bits per heavy atom. The summed E-state index contributed by atoms with van der Waals surface area (Å²) in [5, 5.41) is 0. The molecule has 76 valence electrons. The summed E-state index contributed by atoms with van der Waals surface area (Å²) in [5.41, 5.74) is 10.4. The van der Waals surface area contributed by atoms with Gasteiger partial charge in [0, 0.05) is 0 Å². The second-order valence-electron chi connectivity index (χ2n) is 2.68. The van der Waals surface area contributed by atoms with E-state index in [1.165, 1.54) is 6.07 Å². The van der Waals surface area contributed by atoms with Gasteiger partial charge in [0.05, 0.1) is 0 Å². The van der Waals surface area contributed by atoms with Crippen molar-refractivity contribution in [2.45, 2.75) is 0 Å². The second kappa shape index (κ2) is 3.49. The Morgan fingerprint density at radius 1 is 1.36 bits per heavy atom. The summed E-state index contributed by atoms with van der Waals surface area (Å²) in [6.07, 6.45) is 0. The van der Waals surface area contributed by atoms with Gasteiger partial charge in [0.25, 0.3) is 0 Å². The SMILES string of the molecule is NC(=O)c1ccc([As](=O)(O)O)cc1N. The third-order valence-corrected chi connectivity index (χ3v) is 3.63. The summed E-state index contributed by atoms with van der Waals surface area (Å²) in [6.45, 7) is 0. The van der Waals surface area contributed by atoms with Crippen LogP contribution in [-0.2, 0) is 3.74 Å². The molecule has 1 aromatic rings. The minimum atomic E-state index is -4.93. The number of hydrogen-bond donors (Lipinski definition) is 4. The number of anilines is 1. The van der Waals surface area contributed by atoms with E-state index >= 15 is 0 Å². The van der Waals surface area contributed by atoms with E-state index in [1.807, 2.05) is 0 Å². The summed E-state index contributed by atoms with van der Waals surface area (Å²) < 4.78 is 28.4. The van der Waals surface area contributed by atoms with E-state index in [9.17, 15) is 8.53 Å². The molecule has 0 bridgehead atoms. The predicted molar refractivity (Wildman–Crippen MR) is 49.9 cm³/mol. The van der Waals surface area contributed by atoms with Crippen molar-refractivity contribution in [3.8, 4) is 0 Å². The molecule has 0 radical (unpaired) electrons. The van der Waals surface area contributed by atoms with Gasteiger partial charge < -0.3 is 0 Å². The standard InChI is InChI=1S/C7H9AsN2O4/c9-6-3-4(8(12,13)14)1-2-5(6)7(10)11/h1-3H,9H2,(H2,10,11)(H2,12,13,14). The van der Waals surface area contributed by atoms with E-state index in [0.29, 0.717) is 0 Å². The van der Waals surface area contributed by atoms with Gasteiger partial charge in [0.2, 0.25) is 0 Å². The monoisotopic (exact) mass is 260 g/mol. The number of carbonyl (C=O) groups is 1. The van der Waals surface area contributed by atoms with Crippen LogP contribution in [0.4, 0.5) is 5.69 Å². The number of nitrogen functional groups attached to an aromatic ring is 1. The van der Waals surface area contributed by atoms with Crippen molar-refractivity contribution < 1.29 is 16.7 Å². The van der Waals surface area contributed by atoms with Crippen LogP contribution in [0.25, 0.3) is 0 Å². The van der Waals surface area contributed by atoms with Crippen LogP contribution in [0.5, 0.6) is 0 Å². The van der Waals surface area contributed by atoms with Crippen LogP contribution in [0, 0.1) is 0 Å². The van der Waals surface area contributed by atoms with Crippen LogP contribution in [0.3, 0.4) is 0 Å². The normalized spacial score (nSPS) is 11.3. The molecule has 0 aliphatic heterocycles. The first kappa shape index (κ1) is 10.8. The van der Waals surface area contributed by atoms with Gasteiger partial charge in [-0.1, -0.05) is 0 Å². The number of primary amides is 1. The zero-order chi connectivity index (χ0) is 10.9. The number of rotatable bonds is 2. The first-order chi connectivity index (χ1) is 6.32. The second-order valence-corrected chi connectivity index (χ2v) is 6.05. The van der Waals surface area contributed by atoms with Crippen LogP contribution in [-0.4, -0.2) is 28.3 Å². The number of amides is 1. The Balaban J connectivity index is 3.27. The molecule has 0 saturated heterocycles. The molecule has 6 nitrogen and oxygen atoms in total. The zero-order valence-corrected chi connectivity index (χ0v) is 8.92. The first-order valence-corrected chi connectivity index (χ1v) is 6.96. The fourth-order valence-electron chi connectivity index (χ4n) is 0.956. The summed E-state index contributed by atoms with van der Waals surface area (Å²) >= 11 is -4.93. The Bertz CT molecular complexity index is 426. The van der Waals surface area contributed by atoms with E-state index in [-0.39, 0.29) is 15.6 Å². The van der Waals surface area contributed by atoms with Gasteiger partial charge in [-0.15, -0.1) is 0 Å². The molecule has 1 rings (SSSR count). The van der Waals surface area contributed by atoms with Crippen molar-refractivity contribution in [1.29, 1.82) is 0 Å². The summed E-state index contributed by atoms with van der Waals surface area (Å²) in [4.78, 5) is 10.7. The van der Waals surface area contributed by atoms with E-state index in [4.69, 9.17) is 19.7 Å². The van der Waals surface area contributed by atoms with Crippen molar-refractivity contribution in [3.63, 3.8) is 0 Å². The molecule has 0 heterocycles.